The van der Waals surface area contributed by atoms with Crippen LogP contribution in [0.5, 0.6) is 0 Å². The minimum Gasteiger partial charge on any atom is -0.386 e. The molecule has 4 rings (SSSR count). The third-order valence-electron chi connectivity index (χ3n) is 5.57. The fraction of sp³-hybridized carbons (Fsp3) is 0.737. The summed E-state index contributed by atoms with van der Waals surface area (Å²) in [5.41, 5.74) is -0.0491. The summed E-state index contributed by atoms with van der Waals surface area (Å²) in [6.07, 6.45) is 1.75. The van der Waals surface area contributed by atoms with Gasteiger partial charge in [0.15, 0.2) is 11.5 Å². The highest BCUT2D eigenvalue weighted by Crippen LogP contribution is 2.26. The van der Waals surface area contributed by atoms with Crippen molar-refractivity contribution in [1.29, 1.82) is 0 Å². The van der Waals surface area contributed by atoms with Crippen LogP contribution in [-0.2, 0) is 10.2 Å². The summed E-state index contributed by atoms with van der Waals surface area (Å²) in [6.45, 7) is 10.0. The van der Waals surface area contributed by atoms with Crippen LogP contribution in [0.4, 0.5) is 5.82 Å². The van der Waals surface area contributed by atoms with Crippen LogP contribution >= 0.6 is 0 Å². The van der Waals surface area contributed by atoms with Crippen molar-refractivity contribution in [2.45, 2.75) is 50.7 Å². The van der Waals surface area contributed by atoms with Crippen molar-refractivity contribution in [2.75, 3.05) is 44.8 Å². The molecule has 2 saturated heterocycles. The standard InChI is InChI=1S/C19H30N6O2/c1-18(2,3)17-21-20-15-6-7-16(22-25(15)17)24-10-14(11-24)23(4)12-19(26)8-5-9-27-13-19/h6-7,14,26H,5,8-13H2,1-4H3. The smallest absolute Gasteiger partial charge is 0.178 e. The van der Waals surface area contributed by atoms with Crippen LogP contribution in [0.3, 0.4) is 0 Å². The van der Waals surface area contributed by atoms with Crippen molar-refractivity contribution in [3.63, 3.8) is 0 Å². The molecule has 0 saturated carbocycles. The molecule has 1 N–H and O–H groups in total. The first-order valence-corrected chi connectivity index (χ1v) is 9.73. The number of hydrogen-bond acceptors (Lipinski definition) is 7. The second-order valence-electron chi connectivity index (χ2n) is 9.09. The van der Waals surface area contributed by atoms with Gasteiger partial charge in [-0.2, -0.15) is 4.52 Å². The number of aliphatic hydroxyl groups is 1. The fourth-order valence-corrected chi connectivity index (χ4v) is 3.89. The molecule has 0 aromatic carbocycles. The van der Waals surface area contributed by atoms with Gasteiger partial charge in [0.05, 0.1) is 6.61 Å². The Labute approximate surface area is 160 Å². The number of nitrogens with zero attached hydrogens (tertiary/aromatic N) is 6. The summed E-state index contributed by atoms with van der Waals surface area (Å²) in [7, 11) is 2.09. The molecule has 1 unspecified atom stereocenters. The molecule has 2 aromatic heterocycles. The third-order valence-corrected chi connectivity index (χ3v) is 5.57. The molecular weight excluding hydrogens is 344 g/mol. The predicted molar refractivity (Wildman–Crippen MR) is 103 cm³/mol. The van der Waals surface area contributed by atoms with Gasteiger partial charge in [-0.15, -0.1) is 15.3 Å². The van der Waals surface area contributed by atoms with Crippen LogP contribution in [0.25, 0.3) is 5.65 Å². The second kappa shape index (κ2) is 6.68. The Kier molecular flexibility index (Phi) is 4.60. The van der Waals surface area contributed by atoms with E-state index in [1.807, 2.05) is 16.6 Å². The Morgan fingerprint density at radius 1 is 1.30 bits per heavy atom. The highest BCUT2D eigenvalue weighted by atomic mass is 16.5. The van der Waals surface area contributed by atoms with Gasteiger partial charge in [0.25, 0.3) is 0 Å². The molecule has 2 aliphatic heterocycles. The number of likely N-dealkylation sites (N-methyl/N-ethyl adjacent to an activating group) is 1. The Hall–Kier alpha value is -1.77. The zero-order valence-corrected chi connectivity index (χ0v) is 16.7. The van der Waals surface area contributed by atoms with Crippen LogP contribution in [0, 0.1) is 0 Å². The van der Waals surface area contributed by atoms with E-state index in [0.29, 0.717) is 19.2 Å². The molecule has 2 aromatic rings. The van der Waals surface area contributed by atoms with E-state index in [9.17, 15) is 5.11 Å². The Morgan fingerprint density at radius 2 is 2.07 bits per heavy atom. The minimum absolute atomic E-state index is 0.111. The van der Waals surface area contributed by atoms with Crippen LogP contribution in [-0.4, -0.2) is 81.4 Å². The monoisotopic (exact) mass is 374 g/mol. The average molecular weight is 374 g/mol. The lowest BCUT2D eigenvalue weighted by molar-refractivity contribution is -0.102. The zero-order chi connectivity index (χ0) is 19.2. The first-order valence-electron chi connectivity index (χ1n) is 9.73. The van der Waals surface area contributed by atoms with Gasteiger partial charge >= 0.3 is 0 Å². The van der Waals surface area contributed by atoms with E-state index >= 15 is 0 Å². The summed E-state index contributed by atoms with van der Waals surface area (Å²) in [6, 6.07) is 4.40. The highest BCUT2D eigenvalue weighted by Gasteiger charge is 2.37. The average Bonchev–Trinajstić information content (AvgIpc) is 2.97. The summed E-state index contributed by atoms with van der Waals surface area (Å²) in [4.78, 5) is 4.51. The maximum atomic E-state index is 10.7. The van der Waals surface area contributed by atoms with Crippen molar-refractivity contribution in [3.8, 4) is 0 Å². The molecule has 8 heteroatoms. The minimum atomic E-state index is -0.714. The van der Waals surface area contributed by atoms with E-state index in [2.05, 4.69) is 47.8 Å². The van der Waals surface area contributed by atoms with E-state index < -0.39 is 5.60 Å². The van der Waals surface area contributed by atoms with Gasteiger partial charge in [0.1, 0.15) is 11.4 Å². The molecule has 148 valence electrons. The number of fused-ring (bicyclic) bond motifs is 1. The number of hydrogen-bond donors (Lipinski definition) is 1. The van der Waals surface area contributed by atoms with E-state index in [1.165, 1.54) is 0 Å². The molecule has 0 radical (unpaired) electrons. The molecule has 0 amide bonds. The molecule has 8 nitrogen and oxygen atoms in total. The quantitative estimate of drug-likeness (QED) is 0.858. The first-order chi connectivity index (χ1) is 12.8. The van der Waals surface area contributed by atoms with Crippen LogP contribution < -0.4 is 4.90 Å². The van der Waals surface area contributed by atoms with E-state index in [-0.39, 0.29) is 5.41 Å². The SMILES string of the molecule is CN(CC1(O)CCCOC1)C1CN(c2ccc3nnc(C(C)(C)C)n3n2)C1. The maximum Gasteiger partial charge on any atom is 0.178 e. The number of aromatic nitrogens is 4. The lowest BCUT2D eigenvalue weighted by Gasteiger charge is -2.47. The molecule has 0 spiro atoms. The van der Waals surface area contributed by atoms with Gasteiger partial charge in [-0.25, -0.2) is 0 Å². The van der Waals surface area contributed by atoms with Crippen LogP contribution in [0.1, 0.15) is 39.4 Å². The van der Waals surface area contributed by atoms with Gasteiger partial charge in [-0.05, 0) is 32.0 Å². The van der Waals surface area contributed by atoms with Gasteiger partial charge in [-0.1, -0.05) is 20.8 Å². The summed E-state index contributed by atoms with van der Waals surface area (Å²) >= 11 is 0. The molecule has 0 bridgehead atoms. The van der Waals surface area contributed by atoms with Gasteiger partial charge < -0.3 is 14.7 Å². The first kappa shape index (κ1) is 18.6. The predicted octanol–water partition coefficient (Wildman–Crippen LogP) is 1.08. The Bertz CT molecular complexity index is 802. The van der Waals surface area contributed by atoms with E-state index in [4.69, 9.17) is 9.84 Å². The van der Waals surface area contributed by atoms with E-state index in [0.717, 1.165) is 49.8 Å². The summed E-state index contributed by atoms with van der Waals surface area (Å²) < 4.78 is 7.32. The highest BCUT2D eigenvalue weighted by molar-refractivity contribution is 5.48. The Balaban J connectivity index is 1.41. The molecule has 2 aliphatic rings. The summed E-state index contributed by atoms with van der Waals surface area (Å²) in [5, 5.41) is 24.0. The molecule has 0 aliphatic carbocycles. The maximum absolute atomic E-state index is 10.7. The normalized spacial score (nSPS) is 24.6. The largest absolute Gasteiger partial charge is 0.386 e. The lowest BCUT2D eigenvalue weighted by Crippen LogP contribution is -2.62. The van der Waals surface area contributed by atoms with E-state index in [1.54, 1.807) is 0 Å². The molecule has 2 fully saturated rings. The molecule has 27 heavy (non-hydrogen) atoms. The van der Waals surface area contributed by atoms with Gasteiger partial charge in [0.2, 0.25) is 0 Å². The lowest BCUT2D eigenvalue weighted by atomic mass is 9.95. The molecular formula is C19H30N6O2. The van der Waals surface area contributed by atoms with Crippen LogP contribution in [0.15, 0.2) is 12.1 Å². The van der Waals surface area contributed by atoms with Crippen molar-refractivity contribution >= 4 is 11.5 Å². The number of rotatable bonds is 4. The number of ether oxygens (including phenoxy) is 1. The van der Waals surface area contributed by atoms with Crippen LogP contribution in [0.2, 0.25) is 0 Å². The van der Waals surface area contributed by atoms with Crippen molar-refractivity contribution < 1.29 is 9.84 Å². The Morgan fingerprint density at radius 3 is 2.74 bits per heavy atom. The number of anilines is 1. The zero-order valence-electron chi connectivity index (χ0n) is 16.7. The van der Waals surface area contributed by atoms with Crippen molar-refractivity contribution in [1.82, 2.24) is 24.7 Å². The van der Waals surface area contributed by atoms with Gasteiger partial charge in [-0.3, -0.25) is 4.90 Å². The summed E-state index contributed by atoms with van der Waals surface area (Å²) in [5.74, 6) is 1.81. The molecule has 4 heterocycles. The topological polar surface area (TPSA) is 79.0 Å². The molecule has 1 atom stereocenters. The third kappa shape index (κ3) is 3.66. The van der Waals surface area contributed by atoms with Gasteiger partial charge in [0, 0.05) is 37.7 Å². The second-order valence-corrected chi connectivity index (χ2v) is 9.09. The van der Waals surface area contributed by atoms with Crippen molar-refractivity contribution in [3.05, 3.63) is 18.0 Å². The van der Waals surface area contributed by atoms with Crippen molar-refractivity contribution in [2.24, 2.45) is 0 Å². The fourth-order valence-electron chi connectivity index (χ4n) is 3.89.